The first-order chi connectivity index (χ1) is 9.61. The Labute approximate surface area is 122 Å². The van der Waals surface area contributed by atoms with Crippen LogP contribution >= 0.6 is 0 Å². The zero-order valence-corrected chi connectivity index (χ0v) is 12.9. The van der Waals surface area contributed by atoms with Gasteiger partial charge in [-0.1, -0.05) is 24.5 Å². The lowest BCUT2D eigenvalue weighted by atomic mass is 9.99. The smallest absolute Gasteiger partial charge is 0.124 e. The predicted molar refractivity (Wildman–Crippen MR) is 82.1 cm³/mol. The van der Waals surface area contributed by atoms with Crippen LogP contribution in [0.4, 0.5) is 0 Å². The van der Waals surface area contributed by atoms with Crippen LogP contribution in [0.5, 0.6) is 5.75 Å². The van der Waals surface area contributed by atoms with Gasteiger partial charge in [0.15, 0.2) is 0 Å². The number of methoxy groups -OCH3 is 1. The minimum absolute atomic E-state index is 0.475. The van der Waals surface area contributed by atoms with E-state index in [0.717, 1.165) is 22.8 Å². The fraction of sp³-hybridized carbons (Fsp3) is 0.647. The van der Waals surface area contributed by atoms with Crippen LogP contribution in [0.1, 0.15) is 49.8 Å². The molecule has 1 aliphatic rings. The molecule has 2 rings (SSSR count). The van der Waals surface area contributed by atoms with Crippen molar-refractivity contribution < 1.29 is 9.84 Å². The molecule has 2 atom stereocenters. The van der Waals surface area contributed by atoms with Crippen LogP contribution in [0.15, 0.2) is 18.2 Å². The molecule has 0 aromatic heterocycles. The van der Waals surface area contributed by atoms with Crippen molar-refractivity contribution in [2.45, 2.75) is 51.7 Å². The minimum atomic E-state index is -0.520. The number of aliphatic hydroxyl groups excluding tert-OH is 1. The van der Waals surface area contributed by atoms with Gasteiger partial charge in [0.25, 0.3) is 0 Å². The van der Waals surface area contributed by atoms with Gasteiger partial charge in [0.05, 0.1) is 13.2 Å². The lowest BCUT2D eigenvalue weighted by molar-refractivity contribution is 0.161. The third kappa shape index (κ3) is 3.74. The molecule has 0 bridgehead atoms. The molecular formula is C17H27NO2. The van der Waals surface area contributed by atoms with Crippen LogP contribution < -0.4 is 10.1 Å². The van der Waals surface area contributed by atoms with Crippen LogP contribution in [0.25, 0.3) is 0 Å². The summed E-state index contributed by atoms with van der Waals surface area (Å²) < 4.78 is 5.34. The molecule has 0 spiro atoms. The van der Waals surface area contributed by atoms with Crippen LogP contribution in [0.3, 0.4) is 0 Å². The third-order valence-electron chi connectivity index (χ3n) is 4.48. The minimum Gasteiger partial charge on any atom is -0.496 e. The van der Waals surface area contributed by atoms with Crippen molar-refractivity contribution in [1.29, 1.82) is 0 Å². The summed E-state index contributed by atoms with van der Waals surface area (Å²) in [6.45, 7) is 4.85. The number of ether oxygens (including phenoxy) is 1. The van der Waals surface area contributed by atoms with E-state index in [1.807, 2.05) is 25.1 Å². The van der Waals surface area contributed by atoms with Crippen molar-refractivity contribution in [3.05, 3.63) is 29.3 Å². The Morgan fingerprint density at radius 3 is 2.70 bits per heavy atom. The first-order valence-electron chi connectivity index (χ1n) is 7.67. The van der Waals surface area contributed by atoms with Crippen LogP contribution in [-0.4, -0.2) is 24.8 Å². The molecule has 112 valence electrons. The highest BCUT2D eigenvalue weighted by atomic mass is 16.5. The summed E-state index contributed by atoms with van der Waals surface area (Å²) in [7, 11) is 1.65. The topological polar surface area (TPSA) is 41.5 Å². The number of rotatable bonds is 6. The Hall–Kier alpha value is -1.06. The van der Waals surface area contributed by atoms with Gasteiger partial charge in [-0.25, -0.2) is 0 Å². The molecule has 1 aliphatic carbocycles. The SMILES string of the molecule is COc1ccc(C)cc1C(O)CN[C@H](C)C1CCCC1. The Bertz CT molecular complexity index is 427. The highest BCUT2D eigenvalue weighted by molar-refractivity contribution is 5.38. The first-order valence-corrected chi connectivity index (χ1v) is 7.67. The van der Waals surface area contributed by atoms with E-state index in [0.29, 0.717) is 12.6 Å². The maximum absolute atomic E-state index is 10.4. The van der Waals surface area contributed by atoms with Crippen molar-refractivity contribution in [3.8, 4) is 5.75 Å². The van der Waals surface area contributed by atoms with Crippen molar-refractivity contribution in [1.82, 2.24) is 5.32 Å². The number of aryl methyl sites for hydroxylation is 1. The highest BCUT2D eigenvalue weighted by Crippen LogP contribution is 2.29. The number of nitrogens with one attached hydrogen (secondary N) is 1. The van der Waals surface area contributed by atoms with Crippen molar-refractivity contribution in [2.75, 3.05) is 13.7 Å². The molecule has 1 aromatic rings. The molecule has 0 saturated heterocycles. The largest absolute Gasteiger partial charge is 0.496 e. The Balaban J connectivity index is 1.93. The lowest BCUT2D eigenvalue weighted by Gasteiger charge is -2.23. The molecule has 0 amide bonds. The standard InChI is InChI=1S/C17H27NO2/c1-12-8-9-17(20-3)15(10-12)16(19)11-18-13(2)14-6-4-5-7-14/h8-10,13-14,16,18-19H,4-7,11H2,1-3H3/t13-,16?/m1/s1. The molecular weight excluding hydrogens is 250 g/mol. The summed E-state index contributed by atoms with van der Waals surface area (Å²) in [5.74, 6) is 1.53. The molecule has 1 saturated carbocycles. The summed E-state index contributed by atoms with van der Waals surface area (Å²) in [6, 6.07) is 6.41. The fourth-order valence-corrected chi connectivity index (χ4v) is 3.15. The Morgan fingerprint density at radius 1 is 1.35 bits per heavy atom. The van der Waals surface area contributed by atoms with Crippen LogP contribution in [0, 0.1) is 12.8 Å². The van der Waals surface area contributed by atoms with E-state index in [1.165, 1.54) is 25.7 Å². The summed E-state index contributed by atoms with van der Waals surface area (Å²) >= 11 is 0. The summed E-state index contributed by atoms with van der Waals surface area (Å²) in [6.07, 6.45) is 4.82. The molecule has 0 heterocycles. The zero-order valence-electron chi connectivity index (χ0n) is 12.9. The van der Waals surface area contributed by atoms with Crippen LogP contribution in [-0.2, 0) is 0 Å². The Morgan fingerprint density at radius 2 is 2.05 bits per heavy atom. The number of hydrogen-bond acceptors (Lipinski definition) is 3. The van der Waals surface area contributed by atoms with Crippen molar-refractivity contribution in [2.24, 2.45) is 5.92 Å². The molecule has 3 heteroatoms. The predicted octanol–water partition coefficient (Wildman–Crippen LogP) is 3.21. The maximum Gasteiger partial charge on any atom is 0.124 e. The van der Waals surface area contributed by atoms with E-state index >= 15 is 0 Å². The normalized spacial score (nSPS) is 19.0. The summed E-state index contributed by atoms with van der Waals surface area (Å²) in [5, 5.41) is 13.9. The van der Waals surface area contributed by atoms with Gasteiger partial charge in [-0.3, -0.25) is 0 Å². The van der Waals surface area contributed by atoms with Gasteiger partial charge in [0.2, 0.25) is 0 Å². The molecule has 1 unspecified atom stereocenters. The molecule has 20 heavy (non-hydrogen) atoms. The van der Waals surface area contributed by atoms with Gasteiger partial charge in [-0.2, -0.15) is 0 Å². The van der Waals surface area contributed by atoms with Gasteiger partial charge >= 0.3 is 0 Å². The maximum atomic E-state index is 10.4. The monoisotopic (exact) mass is 277 g/mol. The quantitative estimate of drug-likeness (QED) is 0.839. The van der Waals surface area contributed by atoms with Gasteiger partial charge in [0, 0.05) is 18.2 Å². The lowest BCUT2D eigenvalue weighted by Crippen LogP contribution is -2.35. The molecule has 0 aliphatic heterocycles. The van der Waals surface area contributed by atoms with E-state index in [2.05, 4.69) is 12.2 Å². The Kier molecular flexibility index (Phi) is 5.44. The second-order valence-electron chi connectivity index (χ2n) is 6.00. The molecule has 1 fully saturated rings. The van der Waals surface area contributed by atoms with E-state index in [-0.39, 0.29) is 0 Å². The second kappa shape index (κ2) is 7.09. The average molecular weight is 277 g/mol. The molecule has 0 radical (unpaired) electrons. The van der Waals surface area contributed by atoms with Gasteiger partial charge in [-0.15, -0.1) is 0 Å². The fourth-order valence-electron chi connectivity index (χ4n) is 3.15. The number of benzene rings is 1. The highest BCUT2D eigenvalue weighted by Gasteiger charge is 2.22. The van der Waals surface area contributed by atoms with Gasteiger partial charge in [0.1, 0.15) is 5.75 Å². The van der Waals surface area contributed by atoms with E-state index in [9.17, 15) is 5.11 Å². The first kappa shape index (κ1) is 15.3. The number of hydrogen-bond donors (Lipinski definition) is 2. The summed E-state index contributed by atoms with van der Waals surface area (Å²) in [5.41, 5.74) is 2.02. The van der Waals surface area contributed by atoms with Crippen LogP contribution in [0.2, 0.25) is 0 Å². The summed E-state index contributed by atoms with van der Waals surface area (Å²) in [4.78, 5) is 0. The molecule has 2 N–H and O–H groups in total. The van der Waals surface area contributed by atoms with Crippen molar-refractivity contribution in [3.63, 3.8) is 0 Å². The second-order valence-corrected chi connectivity index (χ2v) is 6.00. The van der Waals surface area contributed by atoms with E-state index in [4.69, 9.17) is 4.74 Å². The number of aliphatic hydroxyl groups is 1. The van der Waals surface area contributed by atoms with Gasteiger partial charge in [-0.05, 0) is 44.7 Å². The molecule has 3 nitrogen and oxygen atoms in total. The zero-order chi connectivity index (χ0) is 14.5. The van der Waals surface area contributed by atoms with Crippen molar-refractivity contribution >= 4 is 0 Å². The van der Waals surface area contributed by atoms with E-state index in [1.54, 1.807) is 7.11 Å². The third-order valence-corrected chi connectivity index (χ3v) is 4.48. The average Bonchev–Trinajstić information content (AvgIpc) is 2.98. The van der Waals surface area contributed by atoms with E-state index < -0.39 is 6.10 Å². The van der Waals surface area contributed by atoms with Gasteiger partial charge < -0.3 is 15.2 Å². The molecule has 1 aromatic carbocycles.